The average Bonchev–Trinajstić information content (AvgIpc) is 2.61. The number of carbonyl (C=O) groups excluding carboxylic acids is 3. The zero-order valence-corrected chi connectivity index (χ0v) is 14.7. The summed E-state index contributed by atoms with van der Waals surface area (Å²) in [6.45, 7) is 3.59. The molecule has 3 amide bonds. The fourth-order valence-corrected chi connectivity index (χ4v) is 2.15. The third-order valence-electron chi connectivity index (χ3n) is 3.41. The van der Waals surface area contributed by atoms with Crippen LogP contribution >= 0.6 is 0 Å². The van der Waals surface area contributed by atoms with Gasteiger partial charge in [0.2, 0.25) is 0 Å². The normalized spacial score (nSPS) is 10.6. The molecular weight excluding hydrogens is 340 g/mol. The van der Waals surface area contributed by atoms with E-state index in [1.54, 1.807) is 24.3 Å². The van der Waals surface area contributed by atoms with Crippen LogP contribution in [-0.4, -0.2) is 40.8 Å². The summed E-state index contributed by atoms with van der Waals surface area (Å²) in [6.07, 6.45) is 0. The summed E-state index contributed by atoms with van der Waals surface area (Å²) in [7, 11) is 1.41. The molecular formula is C17H20N4O5. The predicted molar refractivity (Wildman–Crippen MR) is 93.6 cm³/mol. The van der Waals surface area contributed by atoms with E-state index in [0.29, 0.717) is 17.3 Å². The van der Waals surface area contributed by atoms with E-state index in [4.69, 9.17) is 4.74 Å². The molecule has 2 rings (SSSR count). The molecule has 0 aliphatic carbocycles. The van der Waals surface area contributed by atoms with Gasteiger partial charge in [-0.1, -0.05) is 32.0 Å². The number of ether oxygens (including phenoxy) is 1. The Hall–Kier alpha value is -3.23. The Bertz CT molecular complexity index is 904. The molecule has 1 aromatic heterocycles. The number of urea groups is 1. The van der Waals surface area contributed by atoms with Gasteiger partial charge in [0, 0.05) is 19.0 Å². The molecule has 0 saturated carbocycles. The smallest absolute Gasteiger partial charge is 0.359 e. The second kappa shape index (κ2) is 8.24. The van der Waals surface area contributed by atoms with Crippen LogP contribution in [0.3, 0.4) is 0 Å². The van der Waals surface area contributed by atoms with Crippen molar-refractivity contribution in [1.29, 1.82) is 0 Å². The quantitative estimate of drug-likeness (QED) is 0.753. The summed E-state index contributed by atoms with van der Waals surface area (Å²) in [5, 5.41) is 9.12. The molecule has 1 aromatic carbocycles. The van der Waals surface area contributed by atoms with Crippen molar-refractivity contribution in [2.24, 2.45) is 13.0 Å². The Labute approximate surface area is 149 Å². The molecule has 0 saturated heterocycles. The highest BCUT2D eigenvalue weighted by Gasteiger charge is 2.18. The fraction of sp³-hybridized carbons (Fsp3) is 0.353. The number of hydrogen-bond donors (Lipinski definition) is 2. The molecule has 0 radical (unpaired) electrons. The number of nitrogens with one attached hydrogen (secondary N) is 2. The first-order valence-corrected chi connectivity index (χ1v) is 8.00. The third-order valence-corrected chi connectivity index (χ3v) is 3.41. The molecule has 2 N–H and O–H groups in total. The Morgan fingerprint density at radius 2 is 1.85 bits per heavy atom. The molecule has 1 heterocycles. The van der Waals surface area contributed by atoms with Crippen LogP contribution in [-0.2, 0) is 16.6 Å². The minimum Gasteiger partial charge on any atom is -0.451 e. The average molecular weight is 360 g/mol. The van der Waals surface area contributed by atoms with E-state index in [9.17, 15) is 19.2 Å². The molecule has 0 aliphatic rings. The van der Waals surface area contributed by atoms with E-state index in [-0.39, 0.29) is 17.2 Å². The van der Waals surface area contributed by atoms with E-state index < -0.39 is 24.5 Å². The zero-order valence-electron chi connectivity index (χ0n) is 14.7. The van der Waals surface area contributed by atoms with Crippen LogP contribution in [0.2, 0.25) is 0 Å². The molecule has 2 aromatic rings. The summed E-state index contributed by atoms with van der Waals surface area (Å²) in [5.41, 5.74) is -0.434. The van der Waals surface area contributed by atoms with Gasteiger partial charge >= 0.3 is 12.0 Å². The van der Waals surface area contributed by atoms with Crippen molar-refractivity contribution in [3.05, 3.63) is 40.3 Å². The molecule has 0 atom stereocenters. The maximum absolute atomic E-state index is 12.2. The minimum absolute atomic E-state index is 0.0836. The number of benzene rings is 1. The van der Waals surface area contributed by atoms with Gasteiger partial charge < -0.3 is 10.1 Å². The summed E-state index contributed by atoms with van der Waals surface area (Å²) in [5.74, 6) is -1.40. The van der Waals surface area contributed by atoms with E-state index in [1.165, 1.54) is 7.05 Å². The highest BCUT2D eigenvalue weighted by atomic mass is 16.5. The van der Waals surface area contributed by atoms with E-state index in [2.05, 4.69) is 15.7 Å². The minimum atomic E-state index is -0.866. The number of hydrogen-bond acceptors (Lipinski definition) is 6. The molecule has 9 heteroatoms. The number of carbonyl (C=O) groups is 3. The van der Waals surface area contributed by atoms with Gasteiger partial charge in [0.25, 0.3) is 11.5 Å². The summed E-state index contributed by atoms with van der Waals surface area (Å²) >= 11 is 0. The Morgan fingerprint density at radius 3 is 2.50 bits per heavy atom. The lowest BCUT2D eigenvalue weighted by atomic mass is 10.1. The maximum Gasteiger partial charge on any atom is 0.359 e. The third kappa shape index (κ3) is 4.65. The first-order valence-electron chi connectivity index (χ1n) is 8.00. The summed E-state index contributed by atoms with van der Waals surface area (Å²) < 4.78 is 5.94. The maximum atomic E-state index is 12.2. The lowest BCUT2D eigenvalue weighted by molar-refractivity contribution is -0.123. The van der Waals surface area contributed by atoms with Crippen molar-refractivity contribution >= 4 is 28.7 Å². The lowest BCUT2D eigenvalue weighted by Crippen LogP contribution is -2.42. The van der Waals surface area contributed by atoms with E-state index >= 15 is 0 Å². The van der Waals surface area contributed by atoms with Crippen molar-refractivity contribution < 1.29 is 19.1 Å². The van der Waals surface area contributed by atoms with Crippen LogP contribution in [0.4, 0.5) is 4.79 Å². The number of fused-ring (bicyclic) bond motifs is 1. The number of rotatable bonds is 5. The Morgan fingerprint density at radius 1 is 1.19 bits per heavy atom. The van der Waals surface area contributed by atoms with Crippen LogP contribution in [0.5, 0.6) is 0 Å². The largest absolute Gasteiger partial charge is 0.451 e. The summed E-state index contributed by atoms with van der Waals surface area (Å²) in [6, 6.07) is 5.81. The standard InChI is InChI=1S/C17H20N4O5/c1-10(2)8-18-17(25)19-13(22)9-26-16(24)14-11-6-4-5-7-12(11)15(23)21(3)20-14/h4-7,10H,8-9H2,1-3H3,(H2,18,19,22,25). The SMILES string of the molecule is CC(C)CNC(=O)NC(=O)COC(=O)c1nn(C)c(=O)c2ccccc12. The molecule has 138 valence electrons. The first-order chi connectivity index (χ1) is 12.3. The van der Waals surface area contributed by atoms with Crippen LogP contribution in [0.15, 0.2) is 29.1 Å². The molecule has 0 bridgehead atoms. The van der Waals surface area contributed by atoms with Crippen LogP contribution < -0.4 is 16.2 Å². The van der Waals surface area contributed by atoms with Crippen molar-refractivity contribution in [3.63, 3.8) is 0 Å². The molecule has 9 nitrogen and oxygen atoms in total. The molecule has 0 aliphatic heterocycles. The topological polar surface area (TPSA) is 119 Å². The van der Waals surface area contributed by atoms with Gasteiger partial charge in [-0.25, -0.2) is 14.3 Å². The lowest BCUT2D eigenvalue weighted by Gasteiger charge is -2.10. The van der Waals surface area contributed by atoms with Gasteiger partial charge in [-0.2, -0.15) is 5.10 Å². The van der Waals surface area contributed by atoms with Gasteiger partial charge in [-0.05, 0) is 12.0 Å². The highest BCUT2D eigenvalue weighted by Crippen LogP contribution is 2.13. The molecule has 0 fully saturated rings. The van der Waals surface area contributed by atoms with Crippen molar-refractivity contribution in [1.82, 2.24) is 20.4 Å². The monoisotopic (exact) mass is 360 g/mol. The highest BCUT2D eigenvalue weighted by molar-refractivity contribution is 6.03. The van der Waals surface area contributed by atoms with Crippen molar-refractivity contribution in [2.45, 2.75) is 13.8 Å². The molecule has 0 unspecified atom stereocenters. The number of amides is 3. The van der Waals surface area contributed by atoms with Gasteiger partial charge in [0.05, 0.1) is 5.39 Å². The summed E-state index contributed by atoms with van der Waals surface area (Å²) in [4.78, 5) is 47.5. The van der Waals surface area contributed by atoms with Gasteiger partial charge in [-0.3, -0.25) is 14.9 Å². The Kier molecular flexibility index (Phi) is 6.05. The Balaban J connectivity index is 2.04. The van der Waals surface area contributed by atoms with Crippen LogP contribution in [0.1, 0.15) is 24.3 Å². The molecule has 26 heavy (non-hydrogen) atoms. The number of aromatic nitrogens is 2. The van der Waals surface area contributed by atoms with Gasteiger partial charge in [-0.15, -0.1) is 0 Å². The number of aryl methyl sites for hydroxylation is 1. The van der Waals surface area contributed by atoms with Gasteiger partial charge in [0.1, 0.15) is 0 Å². The van der Waals surface area contributed by atoms with E-state index in [0.717, 1.165) is 4.68 Å². The van der Waals surface area contributed by atoms with Gasteiger partial charge in [0.15, 0.2) is 12.3 Å². The van der Waals surface area contributed by atoms with Crippen LogP contribution in [0.25, 0.3) is 10.8 Å². The van der Waals surface area contributed by atoms with Crippen molar-refractivity contribution in [3.8, 4) is 0 Å². The molecule has 0 spiro atoms. The zero-order chi connectivity index (χ0) is 19.3. The number of imide groups is 1. The number of esters is 1. The number of nitrogens with zero attached hydrogens (tertiary/aromatic N) is 2. The van der Waals surface area contributed by atoms with Crippen molar-refractivity contribution in [2.75, 3.05) is 13.2 Å². The first kappa shape index (κ1) is 19.1. The van der Waals surface area contributed by atoms with Crippen LogP contribution in [0, 0.1) is 5.92 Å². The van der Waals surface area contributed by atoms with E-state index in [1.807, 2.05) is 13.8 Å². The predicted octanol–water partition coefficient (Wildman–Crippen LogP) is 0.572. The second-order valence-electron chi connectivity index (χ2n) is 6.05. The fourth-order valence-electron chi connectivity index (χ4n) is 2.15. The second-order valence-corrected chi connectivity index (χ2v) is 6.05.